The van der Waals surface area contributed by atoms with E-state index in [-0.39, 0.29) is 10.6 Å². The molecule has 2 heterocycles. The van der Waals surface area contributed by atoms with Gasteiger partial charge in [0, 0.05) is 29.3 Å². The number of nitro benzene ring substituents is 1. The average molecular weight is 395 g/mol. The van der Waals surface area contributed by atoms with Crippen LogP contribution in [0.25, 0.3) is 11.3 Å². The molecule has 0 amide bonds. The molecular weight excluding hydrogens is 374 g/mol. The zero-order valence-corrected chi connectivity index (χ0v) is 16.1. The lowest BCUT2D eigenvalue weighted by Gasteiger charge is -2.16. The number of nitro groups is 1. The molecule has 28 heavy (non-hydrogen) atoms. The molecule has 1 fully saturated rings. The van der Waals surface area contributed by atoms with Gasteiger partial charge in [-0.1, -0.05) is 31.4 Å². The molecule has 1 aliphatic carbocycles. The van der Waals surface area contributed by atoms with Crippen LogP contribution in [-0.2, 0) is 0 Å². The number of aromatic amines is 1. The molecule has 0 radical (unpaired) electrons. The Bertz CT molecular complexity index is 1040. The van der Waals surface area contributed by atoms with Crippen LogP contribution in [0.5, 0.6) is 0 Å². The van der Waals surface area contributed by atoms with Crippen molar-refractivity contribution in [1.29, 1.82) is 0 Å². The largest absolute Gasteiger partial charge is 0.360 e. The molecule has 0 unspecified atom stereocenters. The van der Waals surface area contributed by atoms with Crippen molar-refractivity contribution < 1.29 is 4.92 Å². The average Bonchev–Trinajstić information content (AvgIpc) is 3.37. The molecule has 1 saturated carbocycles. The SMILES string of the molecule is O=[N+]([O-])c1cccc(-c2csc(=NC3CCCCC3)n2N=Cc2ccc[nH]2)c1. The molecule has 0 spiro atoms. The van der Waals surface area contributed by atoms with E-state index >= 15 is 0 Å². The number of rotatable bonds is 5. The van der Waals surface area contributed by atoms with Crippen molar-refractivity contribution in [3.8, 4) is 11.3 Å². The van der Waals surface area contributed by atoms with Crippen molar-refractivity contribution in [3.63, 3.8) is 0 Å². The van der Waals surface area contributed by atoms with E-state index < -0.39 is 0 Å². The quantitative estimate of drug-likeness (QED) is 0.390. The number of hydrogen-bond donors (Lipinski definition) is 1. The van der Waals surface area contributed by atoms with E-state index in [1.165, 1.54) is 36.7 Å². The number of aromatic nitrogens is 2. The Morgan fingerprint density at radius 2 is 2.07 bits per heavy atom. The summed E-state index contributed by atoms with van der Waals surface area (Å²) in [5, 5.41) is 17.8. The Kier molecular flexibility index (Phi) is 5.48. The maximum absolute atomic E-state index is 11.2. The first-order valence-electron chi connectivity index (χ1n) is 9.38. The summed E-state index contributed by atoms with van der Waals surface area (Å²) in [6.07, 6.45) is 9.49. The van der Waals surface area contributed by atoms with Crippen molar-refractivity contribution in [2.45, 2.75) is 38.1 Å². The Hall–Kier alpha value is -3.00. The smallest absolute Gasteiger partial charge is 0.270 e. The molecule has 8 heteroatoms. The van der Waals surface area contributed by atoms with E-state index in [4.69, 9.17) is 4.99 Å². The highest BCUT2D eigenvalue weighted by Crippen LogP contribution is 2.25. The van der Waals surface area contributed by atoms with Crippen LogP contribution in [0, 0.1) is 10.1 Å². The van der Waals surface area contributed by atoms with E-state index in [0.29, 0.717) is 6.04 Å². The second kappa shape index (κ2) is 8.35. The van der Waals surface area contributed by atoms with Crippen molar-refractivity contribution in [2.24, 2.45) is 10.1 Å². The van der Waals surface area contributed by atoms with E-state index in [2.05, 4.69) is 10.1 Å². The lowest BCUT2D eigenvalue weighted by atomic mass is 9.96. The summed E-state index contributed by atoms with van der Waals surface area (Å²) in [6, 6.07) is 10.8. The van der Waals surface area contributed by atoms with Crippen LogP contribution in [-0.4, -0.2) is 26.8 Å². The van der Waals surface area contributed by atoms with Crippen LogP contribution in [0.2, 0.25) is 0 Å². The third-order valence-corrected chi connectivity index (χ3v) is 5.67. The maximum Gasteiger partial charge on any atom is 0.270 e. The topological polar surface area (TPSA) is 88.6 Å². The number of hydrogen-bond acceptors (Lipinski definition) is 5. The summed E-state index contributed by atoms with van der Waals surface area (Å²) in [6.45, 7) is 0. The molecule has 7 nitrogen and oxygen atoms in total. The molecule has 3 aromatic rings. The van der Waals surface area contributed by atoms with E-state index in [0.717, 1.165) is 34.6 Å². The van der Waals surface area contributed by atoms with Gasteiger partial charge in [0.25, 0.3) is 5.69 Å². The normalized spacial score (nSPS) is 16.1. The van der Waals surface area contributed by atoms with Crippen LogP contribution in [0.15, 0.2) is 58.1 Å². The van der Waals surface area contributed by atoms with Gasteiger partial charge in [-0.2, -0.15) is 5.10 Å². The summed E-state index contributed by atoms with van der Waals surface area (Å²) in [4.78, 5) is 19.7. The molecule has 0 aliphatic heterocycles. The molecular formula is C20H21N5O2S. The molecule has 2 aromatic heterocycles. The molecule has 1 aliphatic rings. The van der Waals surface area contributed by atoms with Crippen molar-refractivity contribution in [2.75, 3.05) is 0 Å². The number of nitrogens with zero attached hydrogens (tertiary/aromatic N) is 4. The number of thiazole rings is 1. The molecule has 0 saturated heterocycles. The maximum atomic E-state index is 11.2. The van der Waals surface area contributed by atoms with Gasteiger partial charge >= 0.3 is 0 Å². The summed E-state index contributed by atoms with van der Waals surface area (Å²) < 4.78 is 1.79. The monoisotopic (exact) mass is 395 g/mol. The van der Waals surface area contributed by atoms with Crippen LogP contribution in [0.4, 0.5) is 5.69 Å². The minimum atomic E-state index is -0.379. The molecule has 0 bridgehead atoms. The zero-order valence-electron chi connectivity index (χ0n) is 15.3. The minimum Gasteiger partial charge on any atom is -0.360 e. The van der Waals surface area contributed by atoms with Gasteiger partial charge in [0.2, 0.25) is 4.80 Å². The van der Waals surface area contributed by atoms with Crippen molar-refractivity contribution in [1.82, 2.24) is 9.66 Å². The fraction of sp³-hybridized carbons (Fsp3) is 0.300. The fourth-order valence-electron chi connectivity index (χ4n) is 3.39. The van der Waals surface area contributed by atoms with Gasteiger partial charge in [-0.05, 0) is 25.0 Å². The lowest BCUT2D eigenvalue weighted by Crippen LogP contribution is -2.19. The Labute approximate surface area is 166 Å². The molecule has 144 valence electrons. The number of benzene rings is 1. The lowest BCUT2D eigenvalue weighted by molar-refractivity contribution is -0.384. The standard InChI is InChI=1S/C20H21N5O2S/c26-25(27)18-10-4-6-15(12-18)19-14-28-20(23-16-7-2-1-3-8-16)24(19)22-13-17-9-5-11-21-17/h4-6,9-14,16,21H,1-3,7-8H2. The zero-order chi connectivity index (χ0) is 19.3. The summed E-state index contributed by atoms with van der Waals surface area (Å²) >= 11 is 1.52. The second-order valence-electron chi connectivity index (χ2n) is 6.81. The van der Waals surface area contributed by atoms with E-state index in [9.17, 15) is 10.1 Å². The third kappa shape index (κ3) is 4.12. The minimum absolute atomic E-state index is 0.0642. The van der Waals surface area contributed by atoms with Crippen molar-refractivity contribution >= 4 is 23.2 Å². The van der Waals surface area contributed by atoms with E-state index in [1.54, 1.807) is 23.0 Å². The highest BCUT2D eigenvalue weighted by molar-refractivity contribution is 7.07. The second-order valence-corrected chi connectivity index (χ2v) is 7.65. The van der Waals surface area contributed by atoms with Gasteiger partial charge in [-0.15, -0.1) is 11.3 Å². The van der Waals surface area contributed by atoms with E-state index in [1.807, 2.05) is 29.8 Å². The number of H-pyrrole nitrogens is 1. The summed E-state index contributed by atoms with van der Waals surface area (Å²) in [5.74, 6) is 0. The predicted octanol–water partition coefficient (Wildman–Crippen LogP) is 4.57. The Morgan fingerprint density at radius 3 is 2.82 bits per heavy atom. The Morgan fingerprint density at radius 1 is 1.21 bits per heavy atom. The predicted molar refractivity (Wildman–Crippen MR) is 111 cm³/mol. The summed E-state index contributed by atoms with van der Waals surface area (Å²) in [5.41, 5.74) is 2.49. The molecule has 4 rings (SSSR count). The Balaban J connectivity index is 1.78. The van der Waals surface area contributed by atoms with Gasteiger partial charge in [0.15, 0.2) is 0 Å². The van der Waals surface area contributed by atoms with Crippen molar-refractivity contribution in [3.05, 3.63) is 68.6 Å². The highest BCUT2D eigenvalue weighted by atomic mass is 32.1. The number of non-ortho nitro benzene ring substituents is 1. The van der Waals surface area contributed by atoms with Crippen LogP contribution in [0.3, 0.4) is 0 Å². The highest BCUT2D eigenvalue weighted by Gasteiger charge is 2.15. The first-order chi connectivity index (χ1) is 13.7. The van der Waals surface area contributed by atoms with Crippen LogP contribution >= 0.6 is 11.3 Å². The first-order valence-corrected chi connectivity index (χ1v) is 10.3. The molecule has 1 N–H and O–H groups in total. The van der Waals surface area contributed by atoms with Crippen LogP contribution in [0.1, 0.15) is 37.8 Å². The molecule has 1 aromatic carbocycles. The van der Waals surface area contributed by atoms with Gasteiger partial charge in [0.1, 0.15) is 0 Å². The molecule has 0 atom stereocenters. The first kappa shape index (κ1) is 18.4. The number of nitrogens with one attached hydrogen (secondary N) is 1. The van der Waals surface area contributed by atoms with Crippen LogP contribution < -0.4 is 4.80 Å². The van der Waals surface area contributed by atoms with Gasteiger partial charge in [-0.25, -0.2) is 4.68 Å². The fourth-order valence-corrected chi connectivity index (χ4v) is 4.30. The third-order valence-electron chi connectivity index (χ3n) is 4.84. The summed E-state index contributed by atoms with van der Waals surface area (Å²) in [7, 11) is 0. The van der Waals surface area contributed by atoms with Gasteiger partial charge in [0.05, 0.1) is 28.6 Å². The van der Waals surface area contributed by atoms with Gasteiger partial charge in [-0.3, -0.25) is 15.1 Å². The van der Waals surface area contributed by atoms with Gasteiger partial charge < -0.3 is 4.98 Å².